The molecule has 1 aliphatic rings. The molecule has 1 rings (SSSR count). The highest BCUT2D eigenvalue weighted by atomic mass is 16.5. The van der Waals surface area contributed by atoms with Gasteiger partial charge in [0.1, 0.15) is 6.10 Å². The third kappa shape index (κ3) is 5.70. The van der Waals surface area contributed by atoms with Gasteiger partial charge in [-0.3, -0.25) is 0 Å². The quantitative estimate of drug-likeness (QED) is 0.375. The zero-order valence-electron chi connectivity index (χ0n) is 12.0. The minimum atomic E-state index is -0.216. The summed E-state index contributed by atoms with van der Waals surface area (Å²) in [6.45, 7) is 7.59. The minimum absolute atomic E-state index is 0.138. The average Bonchev–Trinajstić information content (AvgIpc) is 2.35. The van der Waals surface area contributed by atoms with Gasteiger partial charge < -0.3 is 4.74 Å². The molecule has 1 fully saturated rings. The molecule has 18 heavy (non-hydrogen) atoms. The van der Waals surface area contributed by atoms with Crippen LogP contribution in [0, 0.1) is 5.92 Å². The van der Waals surface area contributed by atoms with Crippen LogP contribution in [0.15, 0.2) is 12.2 Å². The Balaban J connectivity index is 2.23. The number of carbonyl (C=O) groups is 1. The van der Waals surface area contributed by atoms with E-state index in [1.807, 2.05) is 0 Å². The lowest BCUT2D eigenvalue weighted by Gasteiger charge is -2.29. The molecule has 2 nitrogen and oxygen atoms in total. The van der Waals surface area contributed by atoms with Gasteiger partial charge in [0.25, 0.3) is 0 Å². The van der Waals surface area contributed by atoms with Crippen LogP contribution < -0.4 is 0 Å². The van der Waals surface area contributed by atoms with Gasteiger partial charge in [-0.1, -0.05) is 52.0 Å². The van der Waals surface area contributed by atoms with Crippen LogP contribution in [-0.4, -0.2) is 12.1 Å². The molecule has 0 amide bonds. The molecule has 0 heterocycles. The van der Waals surface area contributed by atoms with Gasteiger partial charge in [-0.15, -0.1) is 0 Å². The third-order valence-electron chi connectivity index (χ3n) is 3.82. The van der Waals surface area contributed by atoms with Crippen molar-refractivity contribution in [2.75, 3.05) is 0 Å². The average molecular weight is 252 g/mol. The second kappa shape index (κ2) is 8.34. The van der Waals surface area contributed by atoms with Crippen LogP contribution in [0.5, 0.6) is 0 Å². The summed E-state index contributed by atoms with van der Waals surface area (Å²) in [4.78, 5) is 11.5. The van der Waals surface area contributed by atoms with E-state index in [1.54, 1.807) is 6.92 Å². The minimum Gasteiger partial charge on any atom is -0.459 e. The Morgan fingerprint density at radius 1 is 1.28 bits per heavy atom. The first kappa shape index (κ1) is 15.3. The fourth-order valence-electron chi connectivity index (χ4n) is 2.72. The van der Waals surface area contributed by atoms with Gasteiger partial charge in [0.2, 0.25) is 0 Å². The molecule has 2 heteroatoms. The fraction of sp³-hybridized carbons (Fsp3) is 0.812. The first-order valence-corrected chi connectivity index (χ1v) is 7.50. The van der Waals surface area contributed by atoms with Gasteiger partial charge in [0, 0.05) is 5.57 Å². The highest BCUT2D eigenvalue weighted by Gasteiger charge is 2.24. The Hall–Kier alpha value is -0.790. The highest BCUT2D eigenvalue weighted by molar-refractivity contribution is 5.87. The summed E-state index contributed by atoms with van der Waals surface area (Å²) < 4.78 is 5.47. The summed E-state index contributed by atoms with van der Waals surface area (Å²) in [5.41, 5.74) is 0.514. The van der Waals surface area contributed by atoms with Crippen LogP contribution in [0.3, 0.4) is 0 Å². The molecule has 0 aromatic heterocycles. The van der Waals surface area contributed by atoms with Crippen molar-refractivity contribution in [3.63, 3.8) is 0 Å². The lowest BCUT2D eigenvalue weighted by Crippen LogP contribution is -2.25. The molecule has 0 saturated heterocycles. The van der Waals surface area contributed by atoms with E-state index in [-0.39, 0.29) is 12.1 Å². The molecule has 0 aromatic carbocycles. The maximum atomic E-state index is 11.5. The van der Waals surface area contributed by atoms with Gasteiger partial charge >= 0.3 is 5.97 Å². The maximum Gasteiger partial charge on any atom is 0.333 e. The SMILES string of the molecule is C=C(C)C(=O)OC1CCCC(CCCCCC)C1. The normalized spacial score (nSPS) is 23.7. The molecule has 0 bridgehead atoms. The lowest BCUT2D eigenvalue weighted by atomic mass is 9.84. The number of unbranched alkanes of at least 4 members (excludes halogenated alkanes) is 3. The van der Waals surface area contributed by atoms with E-state index in [0.29, 0.717) is 5.57 Å². The van der Waals surface area contributed by atoms with E-state index in [2.05, 4.69) is 13.5 Å². The van der Waals surface area contributed by atoms with Crippen molar-refractivity contribution in [3.8, 4) is 0 Å². The van der Waals surface area contributed by atoms with E-state index in [4.69, 9.17) is 4.74 Å². The van der Waals surface area contributed by atoms with Crippen molar-refractivity contribution in [2.45, 2.75) is 77.7 Å². The zero-order valence-corrected chi connectivity index (χ0v) is 12.0. The summed E-state index contributed by atoms with van der Waals surface area (Å²) in [5.74, 6) is 0.546. The predicted octanol–water partition coefficient (Wildman–Crippen LogP) is 4.63. The summed E-state index contributed by atoms with van der Waals surface area (Å²) in [6, 6.07) is 0. The largest absolute Gasteiger partial charge is 0.459 e. The Morgan fingerprint density at radius 2 is 2.06 bits per heavy atom. The van der Waals surface area contributed by atoms with Crippen LogP contribution in [0.4, 0.5) is 0 Å². The van der Waals surface area contributed by atoms with Crippen LogP contribution in [0.1, 0.15) is 71.6 Å². The van der Waals surface area contributed by atoms with Gasteiger partial charge in [0.05, 0.1) is 0 Å². The Labute approximate surface area is 112 Å². The fourth-order valence-corrected chi connectivity index (χ4v) is 2.72. The van der Waals surface area contributed by atoms with Crippen molar-refractivity contribution in [1.82, 2.24) is 0 Å². The summed E-state index contributed by atoms with van der Waals surface area (Å²) in [6.07, 6.45) is 11.4. The Bertz CT molecular complexity index is 270. The maximum absolute atomic E-state index is 11.5. The molecule has 2 unspecified atom stereocenters. The van der Waals surface area contributed by atoms with Crippen LogP contribution in [0.2, 0.25) is 0 Å². The number of carbonyl (C=O) groups excluding carboxylic acids is 1. The number of ether oxygens (including phenoxy) is 1. The smallest absolute Gasteiger partial charge is 0.333 e. The summed E-state index contributed by atoms with van der Waals surface area (Å²) in [7, 11) is 0. The van der Waals surface area contributed by atoms with Crippen molar-refractivity contribution >= 4 is 5.97 Å². The number of rotatable bonds is 7. The molecule has 1 saturated carbocycles. The number of esters is 1. The van der Waals surface area contributed by atoms with E-state index < -0.39 is 0 Å². The Morgan fingerprint density at radius 3 is 2.72 bits per heavy atom. The van der Waals surface area contributed by atoms with Crippen molar-refractivity contribution in [1.29, 1.82) is 0 Å². The van der Waals surface area contributed by atoms with Crippen molar-refractivity contribution < 1.29 is 9.53 Å². The number of hydrogen-bond donors (Lipinski definition) is 0. The molecule has 2 atom stereocenters. The first-order valence-electron chi connectivity index (χ1n) is 7.50. The second-order valence-corrected chi connectivity index (χ2v) is 5.69. The first-order chi connectivity index (χ1) is 8.63. The molecular weight excluding hydrogens is 224 g/mol. The van der Waals surface area contributed by atoms with Crippen LogP contribution in [-0.2, 0) is 9.53 Å². The van der Waals surface area contributed by atoms with E-state index in [0.717, 1.165) is 18.8 Å². The molecular formula is C16H28O2. The summed E-state index contributed by atoms with van der Waals surface area (Å²) >= 11 is 0. The van der Waals surface area contributed by atoms with Crippen molar-refractivity contribution in [2.24, 2.45) is 5.92 Å². The van der Waals surface area contributed by atoms with Gasteiger partial charge in [-0.05, 0) is 32.1 Å². The second-order valence-electron chi connectivity index (χ2n) is 5.69. The predicted molar refractivity (Wildman–Crippen MR) is 75.4 cm³/mol. The van der Waals surface area contributed by atoms with E-state index in [1.165, 1.54) is 44.9 Å². The van der Waals surface area contributed by atoms with Gasteiger partial charge in [0.15, 0.2) is 0 Å². The van der Waals surface area contributed by atoms with Gasteiger partial charge in [-0.2, -0.15) is 0 Å². The van der Waals surface area contributed by atoms with Crippen molar-refractivity contribution in [3.05, 3.63) is 12.2 Å². The summed E-state index contributed by atoms with van der Waals surface area (Å²) in [5, 5.41) is 0. The monoisotopic (exact) mass is 252 g/mol. The molecule has 0 aliphatic heterocycles. The van der Waals surface area contributed by atoms with E-state index >= 15 is 0 Å². The molecule has 1 aliphatic carbocycles. The lowest BCUT2D eigenvalue weighted by molar-refractivity contribution is -0.146. The standard InChI is InChI=1S/C16H28O2/c1-4-5-6-7-9-14-10-8-11-15(12-14)18-16(17)13(2)3/h14-15H,2,4-12H2,1,3H3. The van der Waals surface area contributed by atoms with E-state index in [9.17, 15) is 4.79 Å². The Kier molecular flexibility index (Phi) is 7.07. The zero-order chi connectivity index (χ0) is 13.4. The van der Waals surface area contributed by atoms with Crippen LogP contribution in [0.25, 0.3) is 0 Å². The topological polar surface area (TPSA) is 26.3 Å². The number of hydrogen-bond acceptors (Lipinski definition) is 2. The molecule has 104 valence electrons. The third-order valence-corrected chi connectivity index (χ3v) is 3.82. The highest BCUT2D eigenvalue weighted by Crippen LogP contribution is 2.30. The van der Waals surface area contributed by atoms with Crippen LogP contribution >= 0.6 is 0 Å². The molecule has 0 radical (unpaired) electrons. The van der Waals surface area contributed by atoms with Gasteiger partial charge in [-0.25, -0.2) is 4.79 Å². The molecule has 0 N–H and O–H groups in total. The molecule has 0 aromatic rings. The molecule has 0 spiro atoms.